The molecule has 6 heteroatoms. The fraction of sp³-hybridized carbons (Fsp3) is 0.375. The lowest BCUT2D eigenvalue weighted by Gasteiger charge is -2.21. The van der Waals surface area contributed by atoms with E-state index in [9.17, 15) is 9.59 Å². The number of aromatic nitrogens is 2. The van der Waals surface area contributed by atoms with Crippen molar-refractivity contribution in [2.45, 2.75) is 62.0 Å². The van der Waals surface area contributed by atoms with Gasteiger partial charge in [-0.2, -0.15) is 0 Å². The first-order valence-corrected chi connectivity index (χ1v) is 11.5. The van der Waals surface area contributed by atoms with E-state index in [-0.39, 0.29) is 28.8 Å². The Morgan fingerprint density at radius 2 is 1.87 bits per heavy atom. The van der Waals surface area contributed by atoms with Crippen LogP contribution in [0.1, 0.15) is 57.2 Å². The third-order valence-electron chi connectivity index (χ3n) is 5.43. The minimum atomic E-state index is -0.355. The Kier molecular flexibility index (Phi) is 6.23. The summed E-state index contributed by atoms with van der Waals surface area (Å²) >= 11 is 1.37. The lowest BCUT2D eigenvalue weighted by Crippen LogP contribution is -2.35. The summed E-state index contributed by atoms with van der Waals surface area (Å²) in [5.74, 6) is -0.0351. The lowest BCUT2D eigenvalue weighted by atomic mass is 10.0. The van der Waals surface area contributed by atoms with Gasteiger partial charge >= 0.3 is 0 Å². The second-order valence-corrected chi connectivity index (χ2v) is 9.15. The SMILES string of the molecule is CCC[C@H](NC(=O)[C@H](C)Sc1nc2ccccc2c(=O)n1C1CC1)c1ccccc1. The standard InChI is InChI=1S/C24H27N3O2S/c1-3-9-20(17-10-5-4-6-11-17)25-22(28)16(2)30-24-26-21-13-8-7-12-19(21)23(29)27(24)18-14-15-18/h4-8,10-13,16,18,20H,3,9,14-15H2,1-2H3,(H,25,28)/t16-,20-/m0/s1. The fourth-order valence-electron chi connectivity index (χ4n) is 3.66. The van der Waals surface area contributed by atoms with Crippen molar-refractivity contribution in [3.63, 3.8) is 0 Å². The van der Waals surface area contributed by atoms with Crippen molar-refractivity contribution in [2.75, 3.05) is 0 Å². The van der Waals surface area contributed by atoms with Gasteiger partial charge in [-0.05, 0) is 43.9 Å². The molecule has 156 valence electrons. The molecule has 2 aromatic carbocycles. The van der Waals surface area contributed by atoms with E-state index in [4.69, 9.17) is 4.98 Å². The molecule has 2 atom stereocenters. The molecular weight excluding hydrogens is 394 g/mol. The second-order valence-electron chi connectivity index (χ2n) is 7.84. The van der Waals surface area contributed by atoms with Crippen molar-refractivity contribution in [1.29, 1.82) is 0 Å². The van der Waals surface area contributed by atoms with E-state index in [0.29, 0.717) is 16.1 Å². The van der Waals surface area contributed by atoms with Gasteiger partial charge in [0.2, 0.25) is 5.91 Å². The number of thioether (sulfide) groups is 1. The van der Waals surface area contributed by atoms with Crippen LogP contribution >= 0.6 is 11.8 Å². The van der Waals surface area contributed by atoms with Crippen molar-refractivity contribution in [3.8, 4) is 0 Å². The highest BCUT2D eigenvalue weighted by Crippen LogP contribution is 2.37. The number of hydrogen-bond donors (Lipinski definition) is 1. The Morgan fingerprint density at radius 1 is 1.17 bits per heavy atom. The normalized spacial score (nSPS) is 15.7. The molecule has 4 rings (SSSR count). The van der Waals surface area contributed by atoms with Gasteiger partial charge in [-0.15, -0.1) is 0 Å². The van der Waals surface area contributed by atoms with Crippen LogP contribution in [-0.2, 0) is 4.79 Å². The van der Waals surface area contributed by atoms with Gasteiger partial charge in [0.15, 0.2) is 5.16 Å². The number of carbonyl (C=O) groups excluding carboxylic acids is 1. The summed E-state index contributed by atoms with van der Waals surface area (Å²) < 4.78 is 1.79. The van der Waals surface area contributed by atoms with Crippen LogP contribution in [-0.4, -0.2) is 20.7 Å². The number of amides is 1. The van der Waals surface area contributed by atoms with E-state index in [1.165, 1.54) is 11.8 Å². The number of para-hydroxylation sites is 1. The molecule has 1 heterocycles. The molecule has 0 radical (unpaired) electrons. The average molecular weight is 422 g/mol. The highest BCUT2D eigenvalue weighted by atomic mass is 32.2. The van der Waals surface area contributed by atoms with Crippen LogP contribution < -0.4 is 10.9 Å². The molecule has 1 aliphatic carbocycles. The smallest absolute Gasteiger partial charge is 0.262 e. The quantitative estimate of drug-likeness (QED) is 0.416. The van der Waals surface area contributed by atoms with Crippen LogP contribution in [0.2, 0.25) is 0 Å². The number of nitrogens with one attached hydrogen (secondary N) is 1. The van der Waals surface area contributed by atoms with Crippen molar-refractivity contribution < 1.29 is 4.79 Å². The first-order chi connectivity index (χ1) is 14.6. The molecule has 1 fully saturated rings. The van der Waals surface area contributed by atoms with Crippen LogP contribution in [0.25, 0.3) is 10.9 Å². The molecule has 0 spiro atoms. The zero-order valence-corrected chi connectivity index (χ0v) is 18.2. The summed E-state index contributed by atoms with van der Waals surface area (Å²) in [7, 11) is 0. The molecule has 0 aliphatic heterocycles. The first-order valence-electron chi connectivity index (χ1n) is 10.6. The molecule has 0 bridgehead atoms. The van der Waals surface area contributed by atoms with Crippen LogP contribution in [0.4, 0.5) is 0 Å². The molecule has 1 N–H and O–H groups in total. The molecule has 3 aromatic rings. The van der Waals surface area contributed by atoms with Crippen LogP contribution in [0.15, 0.2) is 64.5 Å². The van der Waals surface area contributed by atoms with Gasteiger partial charge in [-0.3, -0.25) is 14.2 Å². The maximum atomic E-state index is 13.0. The first kappa shape index (κ1) is 20.7. The van der Waals surface area contributed by atoms with E-state index in [0.717, 1.165) is 31.2 Å². The van der Waals surface area contributed by atoms with Gasteiger partial charge in [-0.25, -0.2) is 4.98 Å². The Bertz CT molecular complexity index is 1090. The van der Waals surface area contributed by atoms with Gasteiger partial charge in [-0.1, -0.05) is 67.6 Å². The van der Waals surface area contributed by atoms with Crippen molar-refractivity contribution in [1.82, 2.24) is 14.9 Å². The molecule has 1 amide bonds. The van der Waals surface area contributed by atoms with E-state index in [1.807, 2.05) is 61.5 Å². The molecule has 30 heavy (non-hydrogen) atoms. The largest absolute Gasteiger partial charge is 0.348 e. The molecule has 1 aliphatic rings. The predicted molar refractivity (Wildman–Crippen MR) is 122 cm³/mol. The summed E-state index contributed by atoms with van der Waals surface area (Å²) in [4.78, 5) is 30.8. The van der Waals surface area contributed by atoms with Gasteiger partial charge in [0.1, 0.15) is 0 Å². The van der Waals surface area contributed by atoms with Gasteiger partial charge in [0, 0.05) is 6.04 Å². The van der Waals surface area contributed by atoms with Crippen LogP contribution in [0.5, 0.6) is 0 Å². The highest BCUT2D eigenvalue weighted by Gasteiger charge is 2.30. The number of benzene rings is 2. The molecule has 0 unspecified atom stereocenters. The van der Waals surface area contributed by atoms with Crippen molar-refractivity contribution in [2.24, 2.45) is 0 Å². The van der Waals surface area contributed by atoms with E-state index in [1.54, 1.807) is 4.57 Å². The third-order valence-corrected chi connectivity index (χ3v) is 6.50. The minimum Gasteiger partial charge on any atom is -0.348 e. The zero-order chi connectivity index (χ0) is 21.1. The van der Waals surface area contributed by atoms with Crippen molar-refractivity contribution in [3.05, 3.63) is 70.5 Å². The van der Waals surface area contributed by atoms with Crippen molar-refractivity contribution >= 4 is 28.6 Å². The number of nitrogens with zero attached hydrogens (tertiary/aromatic N) is 2. The Hall–Kier alpha value is -2.60. The second kappa shape index (κ2) is 9.04. The van der Waals surface area contributed by atoms with Gasteiger partial charge in [0.05, 0.1) is 22.2 Å². The fourth-order valence-corrected chi connectivity index (χ4v) is 4.65. The summed E-state index contributed by atoms with van der Waals surface area (Å²) in [5.41, 5.74) is 1.79. The lowest BCUT2D eigenvalue weighted by molar-refractivity contribution is -0.121. The Balaban J connectivity index is 1.56. The predicted octanol–water partition coefficient (Wildman–Crippen LogP) is 4.87. The maximum Gasteiger partial charge on any atom is 0.262 e. The number of rotatable bonds is 8. The van der Waals surface area contributed by atoms with E-state index < -0.39 is 0 Å². The topological polar surface area (TPSA) is 64.0 Å². The highest BCUT2D eigenvalue weighted by molar-refractivity contribution is 8.00. The summed E-state index contributed by atoms with van der Waals surface area (Å²) in [6.45, 7) is 4.00. The molecule has 1 aromatic heterocycles. The summed E-state index contributed by atoms with van der Waals surface area (Å²) in [6, 6.07) is 17.7. The summed E-state index contributed by atoms with van der Waals surface area (Å²) in [5, 5.41) is 4.11. The molecular formula is C24H27N3O2S. The third kappa shape index (κ3) is 4.43. The maximum absolute atomic E-state index is 13.0. The number of carbonyl (C=O) groups is 1. The van der Waals surface area contributed by atoms with Crippen LogP contribution in [0.3, 0.4) is 0 Å². The molecule has 5 nitrogen and oxygen atoms in total. The van der Waals surface area contributed by atoms with E-state index in [2.05, 4.69) is 12.2 Å². The van der Waals surface area contributed by atoms with E-state index >= 15 is 0 Å². The molecule has 0 saturated heterocycles. The average Bonchev–Trinajstić information content (AvgIpc) is 3.59. The molecule has 1 saturated carbocycles. The number of fused-ring (bicyclic) bond motifs is 1. The summed E-state index contributed by atoms with van der Waals surface area (Å²) in [6.07, 6.45) is 3.84. The Morgan fingerprint density at radius 3 is 2.57 bits per heavy atom. The number of hydrogen-bond acceptors (Lipinski definition) is 4. The van der Waals surface area contributed by atoms with Gasteiger partial charge < -0.3 is 5.32 Å². The van der Waals surface area contributed by atoms with Crippen LogP contribution in [0, 0.1) is 0 Å². The zero-order valence-electron chi connectivity index (χ0n) is 17.4. The monoisotopic (exact) mass is 421 g/mol. The van der Waals surface area contributed by atoms with Gasteiger partial charge in [0.25, 0.3) is 5.56 Å². The minimum absolute atomic E-state index is 0.00801. The Labute approximate surface area is 180 Å².